The summed E-state index contributed by atoms with van der Waals surface area (Å²) in [5, 5.41) is 2.52. The summed E-state index contributed by atoms with van der Waals surface area (Å²) in [4.78, 5) is 19.5. The van der Waals surface area contributed by atoms with Crippen molar-refractivity contribution in [3.63, 3.8) is 0 Å². The summed E-state index contributed by atoms with van der Waals surface area (Å²) in [6.07, 6.45) is 4.76. The van der Waals surface area contributed by atoms with E-state index in [9.17, 15) is 4.79 Å². The second kappa shape index (κ2) is 3.95. The number of amides is 1. The second-order valence-electron chi connectivity index (χ2n) is 2.73. The van der Waals surface area contributed by atoms with Gasteiger partial charge in [-0.25, -0.2) is 9.97 Å². The van der Waals surface area contributed by atoms with Gasteiger partial charge in [0.1, 0.15) is 4.32 Å². The summed E-state index contributed by atoms with van der Waals surface area (Å²) in [6.45, 7) is 0. The lowest BCUT2D eigenvalue weighted by Gasteiger charge is -1.94. The van der Waals surface area contributed by atoms with Crippen LogP contribution in [0.3, 0.4) is 0 Å². The van der Waals surface area contributed by atoms with Crippen molar-refractivity contribution < 1.29 is 4.79 Å². The second-order valence-corrected chi connectivity index (χ2v) is 4.45. The van der Waals surface area contributed by atoms with Crippen LogP contribution in [0.4, 0.5) is 5.95 Å². The predicted octanol–water partition coefficient (Wildman–Crippen LogP) is 0.548. The Morgan fingerprint density at radius 1 is 1.47 bits per heavy atom. The van der Waals surface area contributed by atoms with Crippen LogP contribution in [0.25, 0.3) is 6.08 Å². The van der Waals surface area contributed by atoms with E-state index in [1.165, 1.54) is 11.8 Å². The number of aromatic nitrogens is 2. The third-order valence-electron chi connectivity index (χ3n) is 1.63. The fourth-order valence-electron chi connectivity index (χ4n) is 0.995. The molecule has 0 bridgehead atoms. The maximum atomic E-state index is 11.3. The molecule has 1 aliphatic heterocycles. The van der Waals surface area contributed by atoms with Gasteiger partial charge in [-0.15, -0.1) is 0 Å². The van der Waals surface area contributed by atoms with E-state index in [0.717, 1.165) is 0 Å². The first-order valence-corrected chi connectivity index (χ1v) is 5.20. The molecule has 1 aromatic heterocycles. The van der Waals surface area contributed by atoms with Crippen LogP contribution in [0.15, 0.2) is 17.3 Å². The van der Waals surface area contributed by atoms with E-state index in [1.807, 2.05) is 0 Å². The van der Waals surface area contributed by atoms with Crippen LogP contribution in [0, 0.1) is 0 Å². The first kappa shape index (κ1) is 10.1. The third-order valence-corrected chi connectivity index (χ3v) is 2.79. The summed E-state index contributed by atoms with van der Waals surface area (Å²) in [5.41, 5.74) is 6.05. The van der Waals surface area contributed by atoms with Crippen molar-refractivity contribution in [3.8, 4) is 0 Å². The number of anilines is 1. The molecule has 15 heavy (non-hydrogen) atoms. The number of hydrogen-bond donors (Lipinski definition) is 2. The van der Waals surface area contributed by atoms with E-state index in [0.29, 0.717) is 14.8 Å². The lowest BCUT2D eigenvalue weighted by Crippen LogP contribution is -2.17. The molecule has 0 unspecified atom stereocenters. The van der Waals surface area contributed by atoms with Crippen molar-refractivity contribution in [1.29, 1.82) is 0 Å². The van der Waals surface area contributed by atoms with Gasteiger partial charge in [0.05, 0.1) is 4.91 Å². The molecule has 1 saturated heterocycles. The summed E-state index contributed by atoms with van der Waals surface area (Å²) in [7, 11) is 0. The smallest absolute Gasteiger partial charge is 0.263 e. The van der Waals surface area contributed by atoms with Gasteiger partial charge in [-0.2, -0.15) is 0 Å². The van der Waals surface area contributed by atoms with Gasteiger partial charge in [-0.1, -0.05) is 24.0 Å². The van der Waals surface area contributed by atoms with Gasteiger partial charge in [0.15, 0.2) is 0 Å². The van der Waals surface area contributed by atoms with E-state index in [2.05, 4.69) is 15.3 Å². The SMILES string of the molecule is Nc1ncc(/C=C2\SC(=S)NC2=O)cn1. The Bertz CT molecular complexity index is 454. The highest BCUT2D eigenvalue weighted by atomic mass is 32.2. The number of carbonyl (C=O) groups is 1. The van der Waals surface area contributed by atoms with Crippen LogP contribution in [-0.2, 0) is 4.79 Å². The van der Waals surface area contributed by atoms with Crippen LogP contribution in [0.5, 0.6) is 0 Å². The highest BCUT2D eigenvalue weighted by molar-refractivity contribution is 8.26. The van der Waals surface area contributed by atoms with Gasteiger partial charge in [-0.05, 0) is 6.08 Å². The Morgan fingerprint density at radius 2 is 2.13 bits per heavy atom. The summed E-state index contributed by atoms with van der Waals surface area (Å²) in [5.74, 6) is 0.0121. The molecule has 1 aromatic rings. The van der Waals surface area contributed by atoms with E-state index in [-0.39, 0.29) is 11.9 Å². The number of nitrogen functional groups attached to an aromatic ring is 1. The first-order chi connectivity index (χ1) is 7.15. The lowest BCUT2D eigenvalue weighted by molar-refractivity contribution is -0.115. The number of nitrogens with one attached hydrogen (secondary N) is 1. The molecule has 76 valence electrons. The van der Waals surface area contributed by atoms with Gasteiger partial charge < -0.3 is 11.1 Å². The molecule has 2 rings (SSSR count). The molecular weight excluding hydrogens is 232 g/mol. The fraction of sp³-hybridized carbons (Fsp3) is 0. The van der Waals surface area contributed by atoms with E-state index < -0.39 is 0 Å². The number of hydrogen-bond acceptors (Lipinski definition) is 6. The van der Waals surface area contributed by atoms with Crippen molar-refractivity contribution in [2.24, 2.45) is 0 Å². The average molecular weight is 238 g/mol. The predicted molar refractivity (Wildman–Crippen MR) is 62.8 cm³/mol. The number of carbonyl (C=O) groups excluding carboxylic acids is 1. The van der Waals surface area contributed by atoms with Crippen LogP contribution < -0.4 is 11.1 Å². The Hall–Kier alpha value is -1.47. The Kier molecular flexibility index (Phi) is 2.65. The normalized spacial score (nSPS) is 18.3. The minimum Gasteiger partial charge on any atom is -0.368 e. The largest absolute Gasteiger partial charge is 0.368 e. The van der Waals surface area contributed by atoms with Crippen molar-refractivity contribution in [2.75, 3.05) is 5.73 Å². The minimum absolute atomic E-state index is 0.193. The molecule has 0 radical (unpaired) electrons. The van der Waals surface area contributed by atoms with Crippen LogP contribution in [-0.4, -0.2) is 20.2 Å². The lowest BCUT2D eigenvalue weighted by atomic mass is 10.3. The maximum Gasteiger partial charge on any atom is 0.263 e. The molecule has 5 nitrogen and oxygen atoms in total. The van der Waals surface area contributed by atoms with Crippen molar-refractivity contribution in [3.05, 3.63) is 22.9 Å². The van der Waals surface area contributed by atoms with Crippen molar-refractivity contribution in [2.45, 2.75) is 0 Å². The van der Waals surface area contributed by atoms with Crippen LogP contribution in [0.1, 0.15) is 5.56 Å². The fourth-order valence-corrected chi connectivity index (χ4v) is 2.04. The molecule has 1 fully saturated rings. The van der Waals surface area contributed by atoms with E-state index >= 15 is 0 Å². The molecule has 0 atom stereocenters. The minimum atomic E-state index is -0.193. The molecule has 0 aromatic carbocycles. The Balaban J connectivity index is 2.27. The summed E-state index contributed by atoms with van der Waals surface area (Å²) < 4.78 is 0.461. The van der Waals surface area contributed by atoms with Gasteiger partial charge in [0.25, 0.3) is 5.91 Å². The monoisotopic (exact) mass is 238 g/mol. The number of nitrogens with two attached hydrogens (primary N) is 1. The molecule has 1 amide bonds. The molecule has 0 aliphatic carbocycles. The molecule has 7 heteroatoms. The van der Waals surface area contributed by atoms with Gasteiger partial charge in [0, 0.05) is 18.0 Å². The zero-order valence-electron chi connectivity index (χ0n) is 7.43. The Labute approximate surface area is 95.2 Å². The highest BCUT2D eigenvalue weighted by Gasteiger charge is 2.21. The first-order valence-electron chi connectivity index (χ1n) is 3.97. The number of thiocarbonyl (C=S) groups is 1. The Morgan fingerprint density at radius 3 is 2.67 bits per heavy atom. The topological polar surface area (TPSA) is 80.9 Å². The van der Waals surface area contributed by atoms with Crippen LogP contribution >= 0.6 is 24.0 Å². The summed E-state index contributed by atoms with van der Waals surface area (Å²) in [6, 6.07) is 0. The van der Waals surface area contributed by atoms with Gasteiger partial charge >= 0.3 is 0 Å². The average Bonchev–Trinajstić information content (AvgIpc) is 2.49. The number of thioether (sulfide) groups is 1. The van der Waals surface area contributed by atoms with Crippen LogP contribution in [0.2, 0.25) is 0 Å². The number of nitrogens with zero attached hydrogens (tertiary/aromatic N) is 2. The molecule has 0 saturated carbocycles. The zero-order valence-corrected chi connectivity index (χ0v) is 9.06. The molecule has 0 spiro atoms. The third kappa shape index (κ3) is 2.31. The molecule has 1 aliphatic rings. The number of rotatable bonds is 1. The van der Waals surface area contributed by atoms with Crippen molar-refractivity contribution >= 4 is 46.2 Å². The van der Waals surface area contributed by atoms with Crippen molar-refractivity contribution in [1.82, 2.24) is 15.3 Å². The zero-order chi connectivity index (χ0) is 10.8. The maximum absolute atomic E-state index is 11.3. The molecule has 2 heterocycles. The van der Waals surface area contributed by atoms with Gasteiger partial charge in [-0.3, -0.25) is 4.79 Å². The molecular formula is C8H6N4OS2. The standard InChI is InChI=1S/C8H6N4OS2/c9-7-10-2-4(3-11-7)1-5-6(13)12-8(14)15-5/h1-3H,(H2,9,10,11)(H,12,13,14)/b5-1-. The quantitative estimate of drug-likeness (QED) is 0.549. The summed E-state index contributed by atoms with van der Waals surface area (Å²) >= 11 is 6.07. The van der Waals surface area contributed by atoms with E-state index in [4.69, 9.17) is 18.0 Å². The molecule has 3 N–H and O–H groups in total. The van der Waals surface area contributed by atoms with Gasteiger partial charge in [0.2, 0.25) is 5.95 Å². The highest BCUT2D eigenvalue weighted by Crippen LogP contribution is 2.25. The van der Waals surface area contributed by atoms with E-state index in [1.54, 1.807) is 18.5 Å².